The number of likely N-dealkylation sites (tertiary alicyclic amines) is 1. The standard InChI is InChI=1S/C20H21NO3/c1-14-4-3-5-17(10-14)16-6-8-19(9-7-16)24-13-20(23)21-11-18(12-21)15(2)22/h3-10,18H,11-13H2,1-2H3. The molecule has 0 aromatic heterocycles. The fraction of sp³-hybridized carbons (Fsp3) is 0.300. The predicted molar refractivity (Wildman–Crippen MR) is 92.9 cm³/mol. The van der Waals surface area contributed by atoms with Crippen molar-refractivity contribution in [1.82, 2.24) is 4.90 Å². The summed E-state index contributed by atoms with van der Waals surface area (Å²) in [5.74, 6) is 0.743. The van der Waals surface area contributed by atoms with Crippen LogP contribution in [0.3, 0.4) is 0 Å². The van der Waals surface area contributed by atoms with Crippen LogP contribution >= 0.6 is 0 Å². The molecule has 1 fully saturated rings. The van der Waals surface area contributed by atoms with E-state index in [1.807, 2.05) is 30.3 Å². The Kier molecular flexibility index (Phi) is 4.65. The number of amides is 1. The van der Waals surface area contributed by atoms with Gasteiger partial charge >= 0.3 is 0 Å². The largest absolute Gasteiger partial charge is 0.484 e. The van der Waals surface area contributed by atoms with Crippen LogP contribution in [0.25, 0.3) is 11.1 Å². The number of hydrogen-bond acceptors (Lipinski definition) is 3. The SMILES string of the molecule is CC(=O)C1CN(C(=O)COc2ccc(-c3cccc(C)c3)cc2)C1. The molecule has 4 heteroatoms. The zero-order chi connectivity index (χ0) is 17.1. The van der Waals surface area contributed by atoms with Crippen LogP contribution in [0.4, 0.5) is 0 Å². The van der Waals surface area contributed by atoms with Crippen LogP contribution in [0.2, 0.25) is 0 Å². The van der Waals surface area contributed by atoms with Gasteiger partial charge in [0.2, 0.25) is 0 Å². The first kappa shape index (κ1) is 16.2. The highest BCUT2D eigenvalue weighted by Gasteiger charge is 2.33. The zero-order valence-corrected chi connectivity index (χ0v) is 14.0. The normalized spacial score (nSPS) is 14.2. The van der Waals surface area contributed by atoms with Crippen LogP contribution in [0, 0.1) is 12.8 Å². The molecule has 4 nitrogen and oxygen atoms in total. The smallest absolute Gasteiger partial charge is 0.260 e. The third-order valence-electron chi connectivity index (χ3n) is 4.38. The summed E-state index contributed by atoms with van der Waals surface area (Å²) in [6.45, 7) is 4.68. The van der Waals surface area contributed by atoms with E-state index in [0.29, 0.717) is 18.8 Å². The first-order valence-electron chi connectivity index (χ1n) is 8.11. The first-order valence-corrected chi connectivity index (χ1v) is 8.11. The second-order valence-electron chi connectivity index (χ2n) is 6.29. The minimum atomic E-state index is -0.0738. The first-order chi connectivity index (χ1) is 11.5. The summed E-state index contributed by atoms with van der Waals surface area (Å²) in [5, 5.41) is 0. The van der Waals surface area contributed by atoms with Crippen molar-refractivity contribution in [2.45, 2.75) is 13.8 Å². The Morgan fingerprint density at radius 2 is 1.79 bits per heavy atom. The van der Waals surface area contributed by atoms with Gasteiger partial charge in [-0.15, -0.1) is 0 Å². The van der Waals surface area contributed by atoms with Crippen molar-refractivity contribution >= 4 is 11.7 Å². The lowest BCUT2D eigenvalue weighted by atomic mass is 9.96. The average molecular weight is 323 g/mol. The number of carbonyl (C=O) groups excluding carboxylic acids is 2. The number of ether oxygens (including phenoxy) is 1. The molecule has 0 atom stereocenters. The summed E-state index contributed by atoms with van der Waals surface area (Å²) in [6.07, 6.45) is 0. The summed E-state index contributed by atoms with van der Waals surface area (Å²) < 4.78 is 5.56. The number of carbonyl (C=O) groups is 2. The molecule has 0 N–H and O–H groups in total. The van der Waals surface area contributed by atoms with Gasteiger partial charge in [-0.05, 0) is 37.1 Å². The molecule has 0 radical (unpaired) electrons. The van der Waals surface area contributed by atoms with Crippen molar-refractivity contribution < 1.29 is 14.3 Å². The fourth-order valence-electron chi connectivity index (χ4n) is 2.74. The number of Topliss-reactive ketones (excluding diaryl/α,β-unsaturated/α-hetero) is 1. The molecule has 3 rings (SSSR count). The molecule has 0 spiro atoms. The number of rotatable bonds is 5. The van der Waals surface area contributed by atoms with Crippen LogP contribution < -0.4 is 4.74 Å². The highest BCUT2D eigenvalue weighted by molar-refractivity contribution is 5.84. The van der Waals surface area contributed by atoms with Crippen molar-refractivity contribution in [1.29, 1.82) is 0 Å². The van der Waals surface area contributed by atoms with E-state index in [2.05, 4.69) is 25.1 Å². The Bertz CT molecular complexity index is 746. The van der Waals surface area contributed by atoms with E-state index in [0.717, 1.165) is 11.1 Å². The fourth-order valence-corrected chi connectivity index (χ4v) is 2.74. The van der Waals surface area contributed by atoms with E-state index in [1.165, 1.54) is 5.56 Å². The van der Waals surface area contributed by atoms with Gasteiger partial charge in [0.15, 0.2) is 6.61 Å². The summed E-state index contributed by atoms with van der Waals surface area (Å²) in [4.78, 5) is 24.8. The van der Waals surface area contributed by atoms with Crippen LogP contribution in [-0.4, -0.2) is 36.3 Å². The van der Waals surface area contributed by atoms with Gasteiger partial charge in [-0.2, -0.15) is 0 Å². The van der Waals surface area contributed by atoms with Crippen LogP contribution in [0.15, 0.2) is 48.5 Å². The molecule has 0 saturated carbocycles. The van der Waals surface area contributed by atoms with E-state index in [-0.39, 0.29) is 24.2 Å². The average Bonchev–Trinajstić information content (AvgIpc) is 2.51. The van der Waals surface area contributed by atoms with Crippen molar-refractivity contribution in [3.05, 3.63) is 54.1 Å². The Morgan fingerprint density at radius 1 is 1.08 bits per heavy atom. The molecule has 1 aliphatic heterocycles. The Balaban J connectivity index is 1.53. The minimum Gasteiger partial charge on any atom is -0.484 e. The van der Waals surface area contributed by atoms with Crippen molar-refractivity contribution in [3.8, 4) is 16.9 Å². The van der Waals surface area contributed by atoms with Gasteiger partial charge < -0.3 is 9.64 Å². The van der Waals surface area contributed by atoms with Gasteiger partial charge in [0, 0.05) is 13.1 Å². The maximum atomic E-state index is 12.0. The third kappa shape index (κ3) is 3.65. The van der Waals surface area contributed by atoms with E-state index < -0.39 is 0 Å². The molecule has 0 bridgehead atoms. The summed E-state index contributed by atoms with van der Waals surface area (Å²) in [7, 11) is 0. The van der Waals surface area contributed by atoms with Gasteiger partial charge in [-0.3, -0.25) is 9.59 Å². The quantitative estimate of drug-likeness (QED) is 0.849. The molecule has 2 aromatic carbocycles. The molecule has 1 aliphatic rings. The molecular weight excluding hydrogens is 302 g/mol. The molecule has 124 valence electrons. The lowest BCUT2D eigenvalue weighted by molar-refractivity contribution is -0.143. The highest BCUT2D eigenvalue weighted by atomic mass is 16.5. The molecule has 2 aromatic rings. The second-order valence-corrected chi connectivity index (χ2v) is 6.29. The molecular formula is C20H21NO3. The van der Waals surface area contributed by atoms with Crippen LogP contribution in [-0.2, 0) is 9.59 Å². The van der Waals surface area contributed by atoms with Crippen LogP contribution in [0.1, 0.15) is 12.5 Å². The van der Waals surface area contributed by atoms with Gasteiger partial charge in [-0.25, -0.2) is 0 Å². The van der Waals surface area contributed by atoms with Gasteiger partial charge in [-0.1, -0.05) is 42.0 Å². The number of aryl methyl sites for hydroxylation is 1. The lowest BCUT2D eigenvalue weighted by Crippen LogP contribution is -2.53. The summed E-state index contributed by atoms with van der Waals surface area (Å²) >= 11 is 0. The maximum Gasteiger partial charge on any atom is 0.260 e. The van der Waals surface area contributed by atoms with Gasteiger partial charge in [0.1, 0.15) is 11.5 Å². The van der Waals surface area contributed by atoms with Gasteiger partial charge in [0.25, 0.3) is 5.91 Å². The van der Waals surface area contributed by atoms with Gasteiger partial charge in [0.05, 0.1) is 5.92 Å². The van der Waals surface area contributed by atoms with Crippen LogP contribution in [0.5, 0.6) is 5.75 Å². The topological polar surface area (TPSA) is 46.6 Å². The van der Waals surface area contributed by atoms with Crippen molar-refractivity contribution in [2.24, 2.45) is 5.92 Å². The monoisotopic (exact) mass is 323 g/mol. The lowest BCUT2D eigenvalue weighted by Gasteiger charge is -2.37. The Morgan fingerprint density at radius 3 is 2.42 bits per heavy atom. The highest BCUT2D eigenvalue weighted by Crippen LogP contribution is 2.23. The minimum absolute atomic E-state index is 0.00237. The molecule has 24 heavy (non-hydrogen) atoms. The number of ketones is 1. The Hall–Kier alpha value is -2.62. The molecule has 1 heterocycles. The second kappa shape index (κ2) is 6.87. The van der Waals surface area contributed by atoms with E-state index in [9.17, 15) is 9.59 Å². The number of benzene rings is 2. The number of hydrogen-bond donors (Lipinski definition) is 0. The van der Waals surface area contributed by atoms with Crippen molar-refractivity contribution in [3.63, 3.8) is 0 Å². The zero-order valence-electron chi connectivity index (χ0n) is 14.0. The molecule has 0 unspecified atom stereocenters. The van der Waals surface area contributed by atoms with Crippen molar-refractivity contribution in [2.75, 3.05) is 19.7 Å². The molecule has 1 saturated heterocycles. The number of nitrogens with zero attached hydrogens (tertiary/aromatic N) is 1. The molecule has 1 amide bonds. The summed E-state index contributed by atoms with van der Waals surface area (Å²) in [6, 6.07) is 16.0. The Labute approximate surface area is 142 Å². The molecule has 0 aliphatic carbocycles. The maximum absolute atomic E-state index is 12.0. The van der Waals surface area contributed by atoms with E-state index in [1.54, 1.807) is 11.8 Å². The van der Waals surface area contributed by atoms with E-state index >= 15 is 0 Å². The summed E-state index contributed by atoms with van der Waals surface area (Å²) in [5.41, 5.74) is 3.50. The predicted octanol–water partition coefficient (Wildman–Crippen LogP) is 3.09. The third-order valence-corrected chi connectivity index (χ3v) is 4.38. The van der Waals surface area contributed by atoms with E-state index in [4.69, 9.17) is 4.74 Å².